The molecule has 0 aliphatic carbocycles. The zero-order valence-electron chi connectivity index (χ0n) is 17.7. The number of nitrogens with zero attached hydrogens (tertiary/aromatic N) is 4. The van der Waals surface area contributed by atoms with Crippen molar-refractivity contribution in [3.8, 4) is 11.9 Å². The zero-order chi connectivity index (χ0) is 23.5. The topological polar surface area (TPSA) is 137 Å². The van der Waals surface area contributed by atoms with Gasteiger partial charge in [-0.05, 0) is 54.0 Å². The number of methoxy groups -OCH3 is 2. The Morgan fingerprint density at radius 1 is 1.12 bits per heavy atom. The van der Waals surface area contributed by atoms with Crippen molar-refractivity contribution in [3.63, 3.8) is 0 Å². The Balaban J connectivity index is 1.70. The number of sulfonamides is 1. The van der Waals surface area contributed by atoms with Crippen LogP contribution in [0.5, 0.6) is 11.9 Å². The molecule has 3 aromatic rings. The van der Waals surface area contributed by atoms with Crippen molar-refractivity contribution in [3.05, 3.63) is 46.2 Å². The van der Waals surface area contributed by atoms with Crippen LogP contribution in [0.4, 0.5) is 11.5 Å². The highest BCUT2D eigenvalue weighted by Crippen LogP contribution is 2.22. The number of halogens is 1. The van der Waals surface area contributed by atoms with E-state index in [0.717, 1.165) is 15.9 Å². The van der Waals surface area contributed by atoms with Gasteiger partial charge in [0.15, 0.2) is 5.82 Å². The van der Waals surface area contributed by atoms with Gasteiger partial charge in [-0.25, -0.2) is 8.42 Å². The van der Waals surface area contributed by atoms with Crippen LogP contribution in [0, 0.1) is 13.8 Å². The number of amides is 1. The van der Waals surface area contributed by atoms with E-state index in [1.54, 1.807) is 4.68 Å². The molecule has 0 bridgehead atoms. The minimum Gasteiger partial charge on any atom is -0.481 e. The molecular formula is C19H21BrN6O5S. The molecule has 0 saturated heterocycles. The van der Waals surface area contributed by atoms with E-state index < -0.39 is 10.0 Å². The summed E-state index contributed by atoms with van der Waals surface area (Å²) < 4.78 is 40.1. The number of benzene rings is 1. The summed E-state index contributed by atoms with van der Waals surface area (Å²) in [5.41, 5.74) is 2.07. The van der Waals surface area contributed by atoms with E-state index in [2.05, 4.69) is 41.0 Å². The maximum atomic E-state index is 12.7. The van der Waals surface area contributed by atoms with E-state index in [1.165, 1.54) is 44.6 Å². The fraction of sp³-hybridized carbons (Fsp3) is 0.263. The number of anilines is 2. The monoisotopic (exact) mass is 524 g/mol. The van der Waals surface area contributed by atoms with E-state index in [4.69, 9.17) is 9.47 Å². The molecule has 1 amide bonds. The largest absolute Gasteiger partial charge is 0.481 e. The molecule has 2 heterocycles. The first-order chi connectivity index (χ1) is 15.1. The second-order valence-electron chi connectivity index (χ2n) is 6.60. The van der Waals surface area contributed by atoms with E-state index in [0.29, 0.717) is 5.69 Å². The lowest BCUT2D eigenvalue weighted by Crippen LogP contribution is -2.20. The third kappa shape index (κ3) is 5.34. The van der Waals surface area contributed by atoms with Crippen LogP contribution >= 0.6 is 15.9 Å². The lowest BCUT2D eigenvalue weighted by Gasteiger charge is -2.11. The molecule has 0 fully saturated rings. The highest BCUT2D eigenvalue weighted by molar-refractivity contribution is 9.10. The number of ether oxygens (including phenoxy) is 2. The van der Waals surface area contributed by atoms with Gasteiger partial charge in [0.1, 0.15) is 6.54 Å². The van der Waals surface area contributed by atoms with Gasteiger partial charge in [0.05, 0.1) is 35.0 Å². The lowest BCUT2D eigenvalue weighted by molar-refractivity contribution is -0.116. The smallest absolute Gasteiger partial charge is 0.321 e. The molecule has 170 valence electrons. The maximum absolute atomic E-state index is 12.7. The Morgan fingerprint density at radius 3 is 2.38 bits per heavy atom. The predicted octanol–water partition coefficient (Wildman–Crippen LogP) is 2.51. The Morgan fingerprint density at radius 2 is 1.81 bits per heavy atom. The summed E-state index contributed by atoms with van der Waals surface area (Å²) in [5.74, 6) is -0.165. The van der Waals surface area contributed by atoms with E-state index in [-0.39, 0.29) is 35.1 Å². The molecule has 0 radical (unpaired) electrons. The van der Waals surface area contributed by atoms with Gasteiger partial charge in [-0.3, -0.25) is 14.2 Å². The van der Waals surface area contributed by atoms with E-state index in [1.807, 2.05) is 13.8 Å². The van der Waals surface area contributed by atoms with Crippen LogP contribution in [0.25, 0.3) is 0 Å². The molecule has 0 aliphatic rings. The second kappa shape index (κ2) is 9.53. The number of hydrogen-bond acceptors (Lipinski definition) is 8. The molecule has 0 atom stereocenters. The summed E-state index contributed by atoms with van der Waals surface area (Å²) in [4.78, 5) is 20.2. The summed E-state index contributed by atoms with van der Waals surface area (Å²) in [6, 6.07) is 7.00. The van der Waals surface area contributed by atoms with Gasteiger partial charge in [-0.15, -0.1) is 0 Å². The van der Waals surface area contributed by atoms with Crippen molar-refractivity contribution in [1.82, 2.24) is 19.7 Å². The van der Waals surface area contributed by atoms with Crippen LogP contribution in [0.1, 0.15) is 11.4 Å². The van der Waals surface area contributed by atoms with Crippen LogP contribution < -0.4 is 19.5 Å². The summed E-state index contributed by atoms with van der Waals surface area (Å²) in [6.45, 7) is 3.72. The molecule has 1 aromatic carbocycles. The molecule has 0 unspecified atom stereocenters. The van der Waals surface area contributed by atoms with Crippen LogP contribution in [-0.4, -0.2) is 48.3 Å². The number of hydrogen-bond donors (Lipinski definition) is 2. The predicted molar refractivity (Wildman–Crippen MR) is 120 cm³/mol. The Labute approximate surface area is 193 Å². The fourth-order valence-corrected chi connectivity index (χ4v) is 4.01. The average Bonchev–Trinajstić information content (AvgIpc) is 2.99. The Bertz CT molecular complexity index is 1220. The van der Waals surface area contributed by atoms with Gasteiger partial charge in [0, 0.05) is 11.8 Å². The highest BCUT2D eigenvalue weighted by atomic mass is 79.9. The number of aryl methyl sites for hydroxylation is 1. The molecule has 0 aliphatic heterocycles. The van der Waals surface area contributed by atoms with Crippen LogP contribution in [0.3, 0.4) is 0 Å². The number of carbonyl (C=O) groups is 1. The normalized spacial score (nSPS) is 11.2. The van der Waals surface area contributed by atoms with Crippen molar-refractivity contribution in [1.29, 1.82) is 0 Å². The van der Waals surface area contributed by atoms with Crippen molar-refractivity contribution >= 4 is 43.4 Å². The van der Waals surface area contributed by atoms with Crippen molar-refractivity contribution in [2.24, 2.45) is 0 Å². The maximum Gasteiger partial charge on any atom is 0.321 e. The first-order valence-corrected chi connectivity index (χ1v) is 11.5. The second-order valence-corrected chi connectivity index (χ2v) is 9.08. The molecule has 3 rings (SSSR count). The van der Waals surface area contributed by atoms with Crippen LogP contribution in [0.2, 0.25) is 0 Å². The Hall–Kier alpha value is -3.19. The van der Waals surface area contributed by atoms with Gasteiger partial charge in [-0.2, -0.15) is 15.1 Å². The molecule has 32 heavy (non-hydrogen) atoms. The summed E-state index contributed by atoms with van der Waals surface area (Å²) in [6.07, 6.45) is 0. The third-order valence-corrected chi connectivity index (χ3v) is 6.87. The fourth-order valence-electron chi connectivity index (χ4n) is 2.73. The summed E-state index contributed by atoms with van der Waals surface area (Å²) >= 11 is 3.42. The lowest BCUT2D eigenvalue weighted by atomic mass is 10.3. The van der Waals surface area contributed by atoms with Crippen molar-refractivity contribution in [2.75, 3.05) is 24.3 Å². The van der Waals surface area contributed by atoms with E-state index >= 15 is 0 Å². The molecule has 13 heteroatoms. The number of nitrogens with one attached hydrogen (secondary N) is 2. The SMILES string of the molecule is COc1cc(NS(=O)(=O)c2ccc(NC(=O)Cn3nc(C)c(Br)c3C)cc2)nc(OC)n1. The van der Waals surface area contributed by atoms with Gasteiger partial charge >= 0.3 is 6.01 Å². The van der Waals surface area contributed by atoms with Gasteiger partial charge in [0.2, 0.25) is 11.8 Å². The first kappa shape index (κ1) is 23.5. The van der Waals surface area contributed by atoms with E-state index in [9.17, 15) is 13.2 Å². The van der Waals surface area contributed by atoms with Crippen molar-refractivity contribution in [2.45, 2.75) is 25.3 Å². The Kier molecular flexibility index (Phi) is 6.99. The van der Waals surface area contributed by atoms with Gasteiger partial charge in [0.25, 0.3) is 10.0 Å². The quantitative estimate of drug-likeness (QED) is 0.458. The average molecular weight is 525 g/mol. The van der Waals surface area contributed by atoms with Gasteiger partial charge in [-0.1, -0.05) is 0 Å². The highest BCUT2D eigenvalue weighted by Gasteiger charge is 2.17. The van der Waals surface area contributed by atoms with Crippen molar-refractivity contribution < 1.29 is 22.7 Å². The molecule has 0 spiro atoms. The third-order valence-electron chi connectivity index (χ3n) is 4.35. The minimum atomic E-state index is -3.95. The number of carbonyl (C=O) groups excluding carboxylic acids is 1. The first-order valence-electron chi connectivity index (χ1n) is 9.22. The molecular weight excluding hydrogens is 504 g/mol. The number of rotatable bonds is 8. The van der Waals surface area contributed by atoms with Crippen LogP contribution in [0.15, 0.2) is 39.7 Å². The zero-order valence-corrected chi connectivity index (χ0v) is 20.1. The summed E-state index contributed by atoms with van der Waals surface area (Å²) in [5, 5.41) is 7.02. The number of aromatic nitrogens is 4. The molecule has 0 saturated carbocycles. The van der Waals surface area contributed by atoms with Crippen LogP contribution in [-0.2, 0) is 21.4 Å². The summed E-state index contributed by atoms with van der Waals surface area (Å²) in [7, 11) is -1.20. The molecule has 2 N–H and O–H groups in total. The van der Waals surface area contributed by atoms with Gasteiger partial charge < -0.3 is 14.8 Å². The molecule has 11 nitrogen and oxygen atoms in total. The molecule has 2 aromatic heterocycles. The standard InChI is InChI=1S/C19H21BrN6O5S/c1-11-18(20)12(2)26(24-11)10-16(27)21-13-5-7-14(8-6-13)32(28,29)25-15-9-17(30-3)23-19(22-15)31-4/h5-9H,10H2,1-4H3,(H,21,27)(H,22,23,25). The minimum absolute atomic E-state index is 0.0119.